The topological polar surface area (TPSA) is 50.3 Å². The first-order valence-electron chi connectivity index (χ1n) is 6.16. The summed E-state index contributed by atoms with van der Waals surface area (Å²) in [6.07, 6.45) is 3.97. The number of rotatable bonds is 4. The van der Waals surface area contributed by atoms with Gasteiger partial charge in [0.25, 0.3) is 0 Å². The standard InChI is InChI=1S/C12H20N4O/c1-3-16-6-4-5-10(8-16)15-11-7-12(17-2)14-9-13-11/h7,9-10H,3-6,8H2,1-2H3,(H,13,14,15). The summed E-state index contributed by atoms with van der Waals surface area (Å²) in [4.78, 5) is 10.7. The van der Waals surface area contributed by atoms with Crippen LogP contribution in [0.25, 0.3) is 0 Å². The monoisotopic (exact) mass is 236 g/mol. The summed E-state index contributed by atoms with van der Waals surface area (Å²) in [7, 11) is 1.62. The zero-order chi connectivity index (χ0) is 12.1. The zero-order valence-electron chi connectivity index (χ0n) is 10.5. The lowest BCUT2D eigenvalue weighted by Gasteiger charge is -2.32. The number of ether oxygens (including phenoxy) is 1. The average Bonchev–Trinajstić information content (AvgIpc) is 2.39. The van der Waals surface area contributed by atoms with E-state index in [0.29, 0.717) is 11.9 Å². The van der Waals surface area contributed by atoms with Crippen LogP contribution in [0.1, 0.15) is 19.8 Å². The van der Waals surface area contributed by atoms with Crippen molar-refractivity contribution >= 4 is 5.82 Å². The van der Waals surface area contributed by atoms with Crippen LogP contribution in [0.5, 0.6) is 5.88 Å². The Bertz CT molecular complexity index is 358. The Balaban J connectivity index is 1.95. The molecule has 0 saturated carbocycles. The van der Waals surface area contributed by atoms with Gasteiger partial charge in [-0.05, 0) is 25.9 Å². The van der Waals surface area contributed by atoms with Crippen LogP contribution in [0.2, 0.25) is 0 Å². The predicted molar refractivity (Wildman–Crippen MR) is 67.3 cm³/mol. The second-order valence-corrected chi connectivity index (χ2v) is 4.32. The number of likely N-dealkylation sites (tertiary alicyclic amines) is 1. The van der Waals surface area contributed by atoms with Crippen molar-refractivity contribution in [3.05, 3.63) is 12.4 Å². The van der Waals surface area contributed by atoms with Gasteiger partial charge in [0.1, 0.15) is 12.1 Å². The second kappa shape index (κ2) is 5.82. The molecule has 94 valence electrons. The number of nitrogens with one attached hydrogen (secondary N) is 1. The molecule has 1 aromatic heterocycles. The Hall–Kier alpha value is -1.36. The van der Waals surface area contributed by atoms with Gasteiger partial charge in [-0.1, -0.05) is 6.92 Å². The Labute approximate surface area is 102 Å². The number of anilines is 1. The quantitative estimate of drug-likeness (QED) is 0.856. The number of piperidine rings is 1. The molecule has 1 fully saturated rings. The Morgan fingerprint density at radius 1 is 1.53 bits per heavy atom. The van der Waals surface area contributed by atoms with Gasteiger partial charge in [-0.25, -0.2) is 9.97 Å². The SMILES string of the molecule is CCN1CCCC(Nc2cc(OC)ncn2)C1. The molecule has 1 aromatic rings. The highest BCUT2D eigenvalue weighted by Crippen LogP contribution is 2.16. The van der Waals surface area contributed by atoms with E-state index in [2.05, 4.69) is 27.1 Å². The summed E-state index contributed by atoms with van der Waals surface area (Å²) >= 11 is 0. The lowest BCUT2D eigenvalue weighted by Crippen LogP contribution is -2.41. The maximum absolute atomic E-state index is 5.08. The van der Waals surface area contributed by atoms with Crippen LogP contribution in [-0.2, 0) is 0 Å². The Morgan fingerprint density at radius 3 is 3.18 bits per heavy atom. The Kier molecular flexibility index (Phi) is 4.14. The fourth-order valence-corrected chi connectivity index (χ4v) is 2.20. The van der Waals surface area contributed by atoms with Gasteiger partial charge in [0, 0.05) is 18.7 Å². The highest BCUT2D eigenvalue weighted by molar-refractivity contribution is 5.38. The maximum Gasteiger partial charge on any atom is 0.218 e. The van der Waals surface area contributed by atoms with E-state index in [9.17, 15) is 0 Å². The number of hydrogen-bond donors (Lipinski definition) is 1. The normalized spacial score (nSPS) is 21.2. The van der Waals surface area contributed by atoms with Gasteiger partial charge < -0.3 is 15.0 Å². The predicted octanol–water partition coefficient (Wildman–Crippen LogP) is 1.38. The van der Waals surface area contributed by atoms with Crippen molar-refractivity contribution in [1.82, 2.24) is 14.9 Å². The highest BCUT2D eigenvalue weighted by atomic mass is 16.5. The summed E-state index contributed by atoms with van der Waals surface area (Å²) in [5.74, 6) is 1.45. The highest BCUT2D eigenvalue weighted by Gasteiger charge is 2.18. The van der Waals surface area contributed by atoms with E-state index in [4.69, 9.17) is 4.74 Å². The van der Waals surface area contributed by atoms with E-state index in [1.165, 1.54) is 25.7 Å². The molecule has 0 amide bonds. The van der Waals surface area contributed by atoms with Crippen molar-refractivity contribution in [2.75, 3.05) is 32.1 Å². The van der Waals surface area contributed by atoms with Crippen LogP contribution >= 0.6 is 0 Å². The molecule has 0 radical (unpaired) electrons. The van der Waals surface area contributed by atoms with Gasteiger partial charge in [-0.2, -0.15) is 0 Å². The van der Waals surface area contributed by atoms with Crippen LogP contribution in [0, 0.1) is 0 Å². The minimum Gasteiger partial charge on any atom is -0.481 e. The molecule has 17 heavy (non-hydrogen) atoms. The van der Waals surface area contributed by atoms with Crippen molar-refractivity contribution in [3.63, 3.8) is 0 Å². The number of likely N-dealkylation sites (N-methyl/N-ethyl adjacent to an activating group) is 1. The third-order valence-electron chi connectivity index (χ3n) is 3.16. The number of nitrogens with zero attached hydrogens (tertiary/aromatic N) is 3. The molecule has 0 spiro atoms. The first kappa shape index (κ1) is 12.1. The fourth-order valence-electron chi connectivity index (χ4n) is 2.20. The smallest absolute Gasteiger partial charge is 0.218 e. The first-order chi connectivity index (χ1) is 8.31. The molecule has 0 aromatic carbocycles. The first-order valence-corrected chi connectivity index (χ1v) is 6.16. The minimum absolute atomic E-state index is 0.475. The fraction of sp³-hybridized carbons (Fsp3) is 0.667. The largest absolute Gasteiger partial charge is 0.481 e. The van der Waals surface area contributed by atoms with Gasteiger partial charge in [0.2, 0.25) is 5.88 Å². The third-order valence-corrected chi connectivity index (χ3v) is 3.16. The molecule has 1 unspecified atom stereocenters. The van der Waals surface area contributed by atoms with Crippen LogP contribution in [-0.4, -0.2) is 47.7 Å². The molecule has 1 saturated heterocycles. The van der Waals surface area contributed by atoms with E-state index >= 15 is 0 Å². The van der Waals surface area contributed by atoms with Crippen LogP contribution in [0.3, 0.4) is 0 Å². The second-order valence-electron chi connectivity index (χ2n) is 4.32. The molecule has 5 nitrogen and oxygen atoms in total. The molecular weight excluding hydrogens is 216 g/mol. The zero-order valence-corrected chi connectivity index (χ0v) is 10.5. The maximum atomic E-state index is 5.08. The van der Waals surface area contributed by atoms with Crippen LogP contribution in [0.15, 0.2) is 12.4 Å². The van der Waals surface area contributed by atoms with Gasteiger partial charge >= 0.3 is 0 Å². The molecule has 1 N–H and O–H groups in total. The number of hydrogen-bond acceptors (Lipinski definition) is 5. The van der Waals surface area contributed by atoms with E-state index in [0.717, 1.165) is 18.9 Å². The lowest BCUT2D eigenvalue weighted by molar-refractivity contribution is 0.226. The van der Waals surface area contributed by atoms with E-state index < -0.39 is 0 Å². The third kappa shape index (κ3) is 3.30. The van der Waals surface area contributed by atoms with Gasteiger partial charge in [0.05, 0.1) is 7.11 Å². The molecule has 2 rings (SSSR count). The van der Waals surface area contributed by atoms with Crippen molar-refractivity contribution < 1.29 is 4.74 Å². The van der Waals surface area contributed by atoms with Gasteiger partial charge in [0.15, 0.2) is 0 Å². The van der Waals surface area contributed by atoms with Crippen molar-refractivity contribution in [1.29, 1.82) is 0 Å². The van der Waals surface area contributed by atoms with Gasteiger partial charge in [-0.3, -0.25) is 0 Å². The average molecular weight is 236 g/mol. The molecule has 2 heterocycles. The van der Waals surface area contributed by atoms with E-state index in [-0.39, 0.29) is 0 Å². The molecule has 0 aliphatic carbocycles. The minimum atomic E-state index is 0.475. The molecule has 1 atom stereocenters. The lowest BCUT2D eigenvalue weighted by atomic mass is 10.1. The number of methoxy groups -OCH3 is 1. The molecule has 1 aliphatic rings. The van der Waals surface area contributed by atoms with E-state index in [1.54, 1.807) is 7.11 Å². The summed E-state index contributed by atoms with van der Waals surface area (Å²) in [5, 5.41) is 3.45. The Morgan fingerprint density at radius 2 is 2.41 bits per heavy atom. The van der Waals surface area contributed by atoms with Crippen molar-refractivity contribution in [2.45, 2.75) is 25.8 Å². The molecule has 0 bridgehead atoms. The van der Waals surface area contributed by atoms with Gasteiger partial charge in [-0.15, -0.1) is 0 Å². The summed E-state index contributed by atoms with van der Waals surface area (Å²) in [6.45, 7) is 5.62. The number of aromatic nitrogens is 2. The molecule has 5 heteroatoms. The van der Waals surface area contributed by atoms with Crippen LogP contribution < -0.4 is 10.1 Å². The van der Waals surface area contributed by atoms with E-state index in [1.807, 2.05) is 6.07 Å². The van der Waals surface area contributed by atoms with Crippen molar-refractivity contribution in [2.24, 2.45) is 0 Å². The summed E-state index contributed by atoms with van der Waals surface area (Å²) in [6, 6.07) is 2.31. The molecular formula is C12H20N4O. The molecule has 1 aliphatic heterocycles. The van der Waals surface area contributed by atoms with Crippen LogP contribution in [0.4, 0.5) is 5.82 Å². The van der Waals surface area contributed by atoms with Crippen molar-refractivity contribution in [3.8, 4) is 5.88 Å². The summed E-state index contributed by atoms with van der Waals surface area (Å²) < 4.78 is 5.08. The summed E-state index contributed by atoms with van der Waals surface area (Å²) in [5.41, 5.74) is 0.